The minimum Gasteiger partial charge on any atom is -0.366 e. The maximum Gasteiger partial charge on any atom is 0.323 e. The second-order valence-corrected chi connectivity index (χ2v) is 5.88. The Morgan fingerprint density at radius 2 is 2.25 bits per heavy atom. The SMILES string of the molecule is CCn1cnnc1[C@@H]1CN(C(=O)Nc2cc(C)cc(C)n2)CCO1. The van der Waals surface area contributed by atoms with Crippen LogP contribution < -0.4 is 5.32 Å². The van der Waals surface area contributed by atoms with E-state index in [1.807, 2.05) is 37.5 Å². The van der Waals surface area contributed by atoms with Gasteiger partial charge in [-0.1, -0.05) is 0 Å². The van der Waals surface area contributed by atoms with Crippen LogP contribution in [-0.4, -0.2) is 50.4 Å². The van der Waals surface area contributed by atoms with Gasteiger partial charge in [0.15, 0.2) is 5.82 Å². The van der Waals surface area contributed by atoms with Gasteiger partial charge in [0.25, 0.3) is 0 Å². The van der Waals surface area contributed by atoms with Crippen molar-refractivity contribution < 1.29 is 9.53 Å². The Morgan fingerprint density at radius 3 is 3.00 bits per heavy atom. The third kappa shape index (κ3) is 3.53. The standard InChI is InChI=1S/C16H22N6O2/c1-4-21-10-17-20-15(21)13-9-22(5-6-24-13)16(23)19-14-8-11(2)7-12(3)18-14/h7-8,10,13H,4-6,9H2,1-3H3,(H,18,19,23)/t13-/m0/s1. The van der Waals surface area contributed by atoms with E-state index in [-0.39, 0.29) is 12.1 Å². The second kappa shape index (κ2) is 6.96. The lowest BCUT2D eigenvalue weighted by atomic mass is 10.2. The van der Waals surface area contributed by atoms with Crippen molar-refractivity contribution in [2.24, 2.45) is 0 Å². The molecule has 1 atom stereocenters. The van der Waals surface area contributed by atoms with Crippen LogP contribution in [0.25, 0.3) is 0 Å². The number of pyridine rings is 1. The van der Waals surface area contributed by atoms with Crippen LogP contribution in [0.5, 0.6) is 0 Å². The Hall–Kier alpha value is -2.48. The van der Waals surface area contributed by atoms with Crippen LogP contribution >= 0.6 is 0 Å². The molecule has 0 unspecified atom stereocenters. The fourth-order valence-corrected chi connectivity index (χ4v) is 2.84. The number of anilines is 1. The zero-order valence-electron chi connectivity index (χ0n) is 14.2. The van der Waals surface area contributed by atoms with Gasteiger partial charge in [-0.2, -0.15) is 0 Å². The predicted octanol–water partition coefficient (Wildman–Crippen LogP) is 1.92. The van der Waals surface area contributed by atoms with Gasteiger partial charge in [-0.15, -0.1) is 10.2 Å². The van der Waals surface area contributed by atoms with Crippen molar-refractivity contribution in [2.45, 2.75) is 33.4 Å². The minimum absolute atomic E-state index is 0.177. The first-order chi connectivity index (χ1) is 11.6. The van der Waals surface area contributed by atoms with Crippen molar-refractivity contribution >= 4 is 11.8 Å². The third-order valence-electron chi connectivity index (χ3n) is 3.96. The van der Waals surface area contributed by atoms with Crippen LogP contribution in [0.15, 0.2) is 18.5 Å². The number of amides is 2. The van der Waals surface area contributed by atoms with E-state index in [4.69, 9.17) is 4.74 Å². The van der Waals surface area contributed by atoms with E-state index in [0.29, 0.717) is 25.5 Å². The van der Waals surface area contributed by atoms with Gasteiger partial charge >= 0.3 is 6.03 Å². The normalized spacial score (nSPS) is 17.8. The van der Waals surface area contributed by atoms with Crippen LogP contribution in [0.4, 0.5) is 10.6 Å². The van der Waals surface area contributed by atoms with Crippen LogP contribution in [0, 0.1) is 13.8 Å². The summed E-state index contributed by atoms with van der Waals surface area (Å²) in [7, 11) is 0. The number of hydrogen-bond donors (Lipinski definition) is 1. The maximum atomic E-state index is 12.5. The molecule has 1 fully saturated rings. The van der Waals surface area contributed by atoms with E-state index in [0.717, 1.165) is 23.6 Å². The largest absolute Gasteiger partial charge is 0.366 e. The average molecular weight is 330 g/mol. The van der Waals surface area contributed by atoms with Crippen molar-refractivity contribution in [3.63, 3.8) is 0 Å². The molecule has 2 aromatic heterocycles. The van der Waals surface area contributed by atoms with Crippen molar-refractivity contribution in [1.29, 1.82) is 0 Å². The first kappa shape index (κ1) is 16.4. The molecule has 3 rings (SSSR count). The molecule has 0 spiro atoms. The van der Waals surface area contributed by atoms with Gasteiger partial charge in [0.05, 0.1) is 13.2 Å². The lowest BCUT2D eigenvalue weighted by molar-refractivity contribution is -0.0199. The van der Waals surface area contributed by atoms with Crippen molar-refractivity contribution in [1.82, 2.24) is 24.6 Å². The first-order valence-electron chi connectivity index (χ1n) is 8.07. The molecular weight excluding hydrogens is 308 g/mol. The van der Waals surface area contributed by atoms with Gasteiger partial charge in [0.2, 0.25) is 0 Å². The number of morpholine rings is 1. The van der Waals surface area contributed by atoms with E-state index in [1.165, 1.54) is 0 Å². The van der Waals surface area contributed by atoms with Crippen LogP contribution in [0.3, 0.4) is 0 Å². The number of carbonyl (C=O) groups is 1. The maximum absolute atomic E-state index is 12.5. The number of aryl methyl sites for hydroxylation is 3. The molecule has 128 valence electrons. The number of urea groups is 1. The summed E-state index contributed by atoms with van der Waals surface area (Å²) in [5.74, 6) is 1.32. The van der Waals surface area contributed by atoms with Crippen molar-refractivity contribution in [3.8, 4) is 0 Å². The zero-order valence-corrected chi connectivity index (χ0v) is 14.2. The van der Waals surface area contributed by atoms with Crippen LogP contribution in [0.1, 0.15) is 30.1 Å². The molecule has 2 aromatic rings. The van der Waals surface area contributed by atoms with Gasteiger partial charge in [0, 0.05) is 18.8 Å². The monoisotopic (exact) mass is 330 g/mol. The summed E-state index contributed by atoms with van der Waals surface area (Å²) in [4.78, 5) is 18.6. The van der Waals surface area contributed by atoms with Gasteiger partial charge in [0.1, 0.15) is 18.2 Å². The minimum atomic E-state index is -0.265. The number of nitrogens with one attached hydrogen (secondary N) is 1. The third-order valence-corrected chi connectivity index (χ3v) is 3.96. The number of aromatic nitrogens is 4. The molecule has 0 saturated carbocycles. The van der Waals surface area contributed by atoms with Crippen LogP contribution in [0.2, 0.25) is 0 Å². The fraction of sp³-hybridized carbons (Fsp3) is 0.500. The van der Waals surface area contributed by atoms with E-state index in [1.54, 1.807) is 11.2 Å². The summed E-state index contributed by atoms with van der Waals surface area (Å²) in [6.45, 7) is 8.11. The van der Waals surface area contributed by atoms with E-state index < -0.39 is 0 Å². The van der Waals surface area contributed by atoms with E-state index in [9.17, 15) is 4.79 Å². The van der Waals surface area contributed by atoms with E-state index >= 15 is 0 Å². The highest BCUT2D eigenvalue weighted by atomic mass is 16.5. The topological polar surface area (TPSA) is 85.2 Å². The quantitative estimate of drug-likeness (QED) is 0.929. The molecule has 8 heteroatoms. The summed E-state index contributed by atoms with van der Waals surface area (Å²) >= 11 is 0. The second-order valence-electron chi connectivity index (χ2n) is 5.88. The Labute approximate surface area is 140 Å². The Bertz CT molecular complexity index is 709. The number of carbonyl (C=O) groups excluding carboxylic acids is 1. The molecule has 0 aromatic carbocycles. The molecule has 1 saturated heterocycles. The van der Waals surface area contributed by atoms with Crippen molar-refractivity contribution in [2.75, 3.05) is 25.0 Å². The number of nitrogens with zero attached hydrogens (tertiary/aromatic N) is 5. The first-order valence-corrected chi connectivity index (χ1v) is 8.07. The zero-order chi connectivity index (χ0) is 17.1. The Kier molecular flexibility index (Phi) is 4.75. The van der Waals surface area contributed by atoms with Crippen LogP contribution in [-0.2, 0) is 11.3 Å². The highest BCUT2D eigenvalue weighted by molar-refractivity contribution is 5.88. The van der Waals surface area contributed by atoms with Gasteiger partial charge in [-0.05, 0) is 38.5 Å². The lowest BCUT2D eigenvalue weighted by Crippen LogP contribution is -2.45. The summed E-state index contributed by atoms with van der Waals surface area (Å²) in [6, 6.07) is 3.65. The van der Waals surface area contributed by atoms with E-state index in [2.05, 4.69) is 20.5 Å². The average Bonchev–Trinajstić information content (AvgIpc) is 3.02. The molecule has 24 heavy (non-hydrogen) atoms. The van der Waals surface area contributed by atoms with Gasteiger partial charge in [-0.25, -0.2) is 9.78 Å². The number of ether oxygens (including phenoxy) is 1. The smallest absolute Gasteiger partial charge is 0.323 e. The molecule has 1 aliphatic heterocycles. The summed E-state index contributed by atoms with van der Waals surface area (Å²) in [5, 5.41) is 10.9. The highest BCUT2D eigenvalue weighted by Gasteiger charge is 2.28. The highest BCUT2D eigenvalue weighted by Crippen LogP contribution is 2.21. The number of rotatable bonds is 3. The van der Waals surface area contributed by atoms with Crippen molar-refractivity contribution in [3.05, 3.63) is 35.5 Å². The lowest BCUT2D eigenvalue weighted by Gasteiger charge is -2.32. The molecule has 3 heterocycles. The van der Waals surface area contributed by atoms with Gasteiger partial charge in [-0.3, -0.25) is 5.32 Å². The number of hydrogen-bond acceptors (Lipinski definition) is 5. The molecular formula is C16H22N6O2. The summed E-state index contributed by atoms with van der Waals surface area (Å²) in [6.07, 6.45) is 1.41. The Balaban J connectivity index is 1.69. The molecule has 2 amide bonds. The molecule has 0 bridgehead atoms. The van der Waals surface area contributed by atoms with Gasteiger partial charge < -0.3 is 14.2 Å². The molecule has 1 aliphatic rings. The molecule has 0 radical (unpaired) electrons. The molecule has 0 aliphatic carbocycles. The Morgan fingerprint density at radius 1 is 1.42 bits per heavy atom. The molecule has 1 N–H and O–H groups in total. The predicted molar refractivity (Wildman–Crippen MR) is 88.7 cm³/mol. The summed E-state index contributed by atoms with van der Waals surface area (Å²) in [5.41, 5.74) is 1.94. The fourth-order valence-electron chi connectivity index (χ4n) is 2.84. The summed E-state index contributed by atoms with van der Waals surface area (Å²) < 4.78 is 7.70. The molecule has 8 nitrogen and oxygen atoms in total.